The van der Waals surface area contributed by atoms with Gasteiger partial charge in [-0.3, -0.25) is 0 Å². The number of nitrogens with one attached hydrogen (secondary N) is 2. The van der Waals surface area contributed by atoms with Crippen LogP contribution in [0.15, 0.2) is 54.6 Å². The summed E-state index contributed by atoms with van der Waals surface area (Å²) < 4.78 is 0. The normalized spacial score (nSPS) is 19.3. The van der Waals surface area contributed by atoms with E-state index in [2.05, 4.69) is 71.8 Å². The average molecular weight is 460 g/mol. The van der Waals surface area contributed by atoms with E-state index in [1.165, 1.54) is 31.2 Å². The van der Waals surface area contributed by atoms with Crippen LogP contribution in [0, 0.1) is 5.92 Å². The summed E-state index contributed by atoms with van der Waals surface area (Å²) >= 11 is 0. The highest BCUT2D eigenvalue weighted by Crippen LogP contribution is 2.27. The minimum Gasteiger partial charge on any atom is -0.362 e. The van der Waals surface area contributed by atoms with Gasteiger partial charge in [-0.15, -0.1) is 0 Å². The quantitative estimate of drug-likeness (QED) is 0.376. The summed E-state index contributed by atoms with van der Waals surface area (Å²) in [5.41, 5.74) is 2.46. The summed E-state index contributed by atoms with van der Waals surface area (Å²) in [5.74, 6) is 3.06. The van der Waals surface area contributed by atoms with Gasteiger partial charge in [-0.05, 0) is 61.6 Å². The molecule has 4 rings (SSSR count). The molecule has 3 aromatic rings. The number of rotatable bonds is 10. The molecule has 1 unspecified atom stereocenters. The van der Waals surface area contributed by atoms with Crippen molar-refractivity contribution in [2.45, 2.75) is 70.4 Å². The Kier molecular flexibility index (Phi) is 8.39. The lowest BCUT2D eigenvalue weighted by molar-refractivity contribution is 0.340. The topological polar surface area (TPSA) is 53.1 Å². The van der Waals surface area contributed by atoms with Crippen molar-refractivity contribution >= 4 is 22.7 Å². The van der Waals surface area contributed by atoms with Crippen molar-refractivity contribution in [2.24, 2.45) is 5.92 Å². The van der Waals surface area contributed by atoms with Gasteiger partial charge in [0.25, 0.3) is 0 Å². The Bertz CT molecular complexity index is 1030. The van der Waals surface area contributed by atoms with Crippen LogP contribution in [-0.2, 0) is 0 Å². The molecule has 0 spiro atoms. The number of aromatic nitrogens is 2. The number of anilines is 2. The zero-order valence-electron chi connectivity index (χ0n) is 21.3. The second-order valence-electron chi connectivity index (χ2n) is 10.5. The van der Waals surface area contributed by atoms with E-state index in [9.17, 15) is 0 Å². The van der Waals surface area contributed by atoms with Crippen molar-refractivity contribution in [3.05, 3.63) is 60.2 Å². The van der Waals surface area contributed by atoms with Gasteiger partial charge in [0.05, 0.1) is 5.52 Å². The molecule has 1 heterocycles. The third-order valence-corrected chi connectivity index (χ3v) is 7.08. The molecule has 0 aliphatic heterocycles. The smallest absolute Gasteiger partial charge is 0.225 e. The molecule has 1 atom stereocenters. The Labute approximate surface area is 205 Å². The first kappa shape index (κ1) is 24.5. The molecule has 2 aromatic carbocycles. The van der Waals surface area contributed by atoms with Gasteiger partial charge < -0.3 is 15.5 Å². The molecule has 182 valence electrons. The summed E-state index contributed by atoms with van der Waals surface area (Å²) in [4.78, 5) is 11.7. The summed E-state index contributed by atoms with van der Waals surface area (Å²) in [6.07, 6.45) is 7.20. The van der Waals surface area contributed by atoms with Crippen molar-refractivity contribution in [1.82, 2.24) is 15.3 Å². The number of hydrogen-bond acceptors (Lipinski definition) is 5. The highest BCUT2D eigenvalue weighted by molar-refractivity contribution is 5.90. The summed E-state index contributed by atoms with van der Waals surface area (Å²) in [6.45, 7) is 5.72. The molecule has 0 bridgehead atoms. The lowest BCUT2D eigenvalue weighted by Crippen LogP contribution is -2.39. The van der Waals surface area contributed by atoms with Crippen molar-refractivity contribution in [2.75, 3.05) is 30.9 Å². The molecule has 0 amide bonds. The first-order chi connectivity index (χ1) is 16.5. The van der Waals surface area contributed by atoms with Crippen LogP contribution < -0.4 is 15.5 Å². The standard InChI is InChI=1S/C29H41N5/c1-21(2)14-15-23(22-10-6-5-7-11-22)20-30-24-16-18-25(19-17-24)31-29-32-27-13-9-8-12-26(27)28(33-29)34(3)4/h5-13,21,23-25,30H,14-20H2,1-4H3,(H,31,32,33). The van der Waals surface area contributed by atoms with Crippen LogP contribution in [0.25, 0.3) is 10.9 Å². The Morgan fingerprint density at radius 2 is 1.53 bits per heavy atom. The number of hydrogen-bond donors (Lipinski definition) is 2. The summed E-state index contributed by atoms with van der Waals surface area (Å²) in [6, 6.07) is 20.3. The largest absolute Gasteiger partial charge is 0.362 e. The van der Waals surface area contributed by atoms with Crippen LogP contribution in [0.4, 0.5) is 11.8 Å². The van der Waals surface area contributed by atoms with E-state index in [1.807, 2.05) is 26.2 Å². The Morgan fingerprint density at radius 1 is 0.853 bits per heavy atom. The molecule has 0 saturated heterocycles. The fraction of sp³-hybridized carbons (Fsp3) is 0.517. The molecule has 1 aliphatic carbocycles. The molecule has 1 aliphatic rings. The van der Waals surface area contributed by atoms with Crippen LogP contribution in [-0.4, -0.2) is 42.7 Å². The fourth-order valence-electron chi connectivity index (χ4n) is 5.04. The number of fused-ring (bicyclic) bond motifs is 1. The molecule has 1 fully saturated rings. The van der Waals surface area contributed by atoms with Gasteiger partial charge in [-0.25, -0.2) is 4.98 Å². The fourth-order valence-corrected chi connectivity index (χ4v) is 5.04. The van der Waals surface area contributed by atoms with Crippen molar-refractivity contribution < 1.29 is 0 Å². The monoisotopic (exact) mass is 459 g/mol. The molecule has 34 heavy (non-hydrogen) atoms. The highest BCUT2D eigenvalue weighted by atomic mass is 15.2. The van der Waals surface area contributed by atoms with Gasteiger partial charge >= 0.3 is 0 Å². The maximum atomic E-state index is 4.83. The Hall–Kier alpha value is -2.66. The Morgan fingerprint density at radius 3 is 2.24 bits per heavy atom. The van der Waals surface area contributed by atoms with E-state index >= 15 is 0 Å². The second-order valence-corrected chi connectivity index (χ2v) is 10.5. The third kappa shape index (κ3) is 6.47. The first-order valence-corrected chi connectivity index (χ1v) is 13.0. The van der Waals surface area contributed by atoms with Gasteiger partial charge in [-0.2, -0.15) is 4.98 Å². The first-order valence-electron chi connectivity index (χ1n) is 13.0. The average Bonchev–Trinajstić information content (AvgIpc) is 2.85. The lowest BCUT2D eigenvalue weighted by Gasteiger charge is -2.31. The van der Waals surface area contributed by atoms with E-state index in [-0.39, 0.29) is 0 Å². The molecule has 1 saturated carbocycles. The van der Waals surface area contributed by atoms with Gasteiger partial charge in [0, 0.05) is 38.1 Å². The summed E-state index contributed by atoms with van der Waals surface area (Å²) in [5, 5.41) is 8.64. The van der Waals surface area contributed by atoms with Crippen LogP contribution in [0.2, 0.25) is 0 Å². The van der Waals surface area contributed by atoms with Crippen LogP contribution in [0.3, 0.4) is 0 Å². The van der Waals surface area contributed by atoms with E-state index in [0.717, 1.165) is 48.0 Å². The molecular weight excluding hydrogens is 418 g/mol. The second kappa shape index (κ2) is 11.7. The van der Waals surface area contributed by atoms with Gasteiger partial charge in [0.15, 0.2) is 0 Å². The lowest BCUT2D eigenvalue weighted by atomic mass is 9.88. The maximum Gasteiger partial charge on any atom is 0.225 e. The van der Waals surface area contributed by atoms with Crippen molar-refractivity contribution in [3.8, 4) is 0 Å². The Balaban J connectivity index is 1.32. The predicted molar refractivity (Wildman–Crippen MR) is 145 cm³/mol. The SMILES string of the molecule is CC(C)CCC(CNC1CCC(Nc2nc(N(C)C)c3ccccc3n2)CC1)c1ccccc1. The van der Waals surface area contributed by atoms with Gasteiger partial charge in [0.1, 0.15) is 5.82 Å². The van der Waals surface area contributed by atoms with E-state index in [4.69, 9.17) is 9.97 Å². The zero-order valence-corrected chi connectivity index (χ0v) is 21.3. The van der Waals surface area contributed by atoms with Crippen LogP contribution in [0.1, 0.15) is 63.9 Å². The minimum absolute atomic E-state index is 0.431. The maximum absolute atomic E-state index is 4.83. The molecule has 2 N–H and O–H groups in total. The van der Waals surface area contributed by atoms with Crippen molar-refractivity contribution in [1.29, 1.82) is 0 Å². The van der Waals surface area contributed by atoms with Gasteiger partial charge in [-0.1, -0.05) is 62.7 Å². The molecular formula is C29H41N5. The zero-order chi connectivity index (χ0) is 23.9. The third-order valence-electron chi connectivity index (χ3n) is 7.08. The van der Waals surface area contributed by atoms with E-state index in [0.29, 0.717) is 18.0 Å². The van der Waals surface area contributed by atoms with Gasteiger partial charge in [0.2, 0.25) is 5.95 Å². The molecule has 0 radical (unpaired) electrons. The van der Waals surface area contributed by atoms with Crippen LogP contribution >= 0.6 is 0 Å². The number of para-hydroxylation sites is 1. The van der Waals surface area contributed by atoms with E-state index in [1.54, 1.807) is 0 Å². The van der Waals surface area contributed by atoms with E-state index < -0.39 is 0 Å². The van der Waals surface area contributed by atoms with Crippen LogP contribution in [0.5, 0.6) is 0 Å². The number of benzene rings is 2. The number of nitrogens with zero attached hydrogens (tertiary/aromatic N) is 3. The summed E-state index contributed by atoms with van der Waals surface area (Å²) in [7, 11) is 4.08. The molecule has 5 heteroatoms. The predicted octanol–water partition coefficient (Wildman–Crippen LogP) is 6.23. The van der Waals surface area contributed by atoms with Crippen molar-refractivity contribution in [3.63, 3.8) is 0 Å². The molecule has 5 nitrogen and oxygen atoms in total. The molecule has 1 aromatic heterocycles. The minimum atomic E-state index is 0.431. The highest BCUT2D eigenvalue weighted by Gasteiger charge is 2.23.